The van der Waals surface area contributed by atoms with Gasteiger partial charge >= 0.3 is 5.97 Å². The Hall–Kier alpha value is -1.46. The number of aromatic hydroxyl groups is 1. The zero-order valence-corrected chi connectivity index (χ0v) is 12.7. The van der Waals surface area contributed by atoms with Gasteiger partial charge in [-0.15, -0.1) is 11.3 Å². The third-order valence-electron chi connectivity index (χ3n) is 3.22. The molecule has 4 nitrogen and oxygen atoms in total. The maximum Gasteiger partial charge on any atom is 0.306 e. The molecule has 2 rings (SSSR count). The zero-order chi connectivity index (χ0) is 14.9. The van der Waals surface area contributed by atoms with Gasteiger partial charge in [0.2, 0.25) is 0 Å². The molecule has 0 fully saturated rings. The van der Waals surface area contributed by atoms with Gasteiger partial charge in [-0.25, -0.2) is 0 Å². The van der Waals surface area contributed by atoms with Gasteiger partial charge in [0.1, 0.15) is 0 Å². The van der Waals surface area contributed by atoms with Crippen LogP contribution in [0.1, 0.15) is 18.2 Å². The molecule has 0 aliphatic heterocycles. The monoisotopic (exact) mass is 314 g/mol. The Balaban J connectivity index is 2.30. The number of benzene rings is 1. The van der Waals surface area contributed by atoms with Crippen molar-refractivity contribution in [2.24, 2.45) is 5.92 Å². The molecule has 20 heavy (non-hydrogen) atoms. The lowest BCUT2D eigenvalue weighted by molar-refractivity contribution is -0.141. The van der Waals surface area contributed by atoms with Crippen molar-refractivity contribution in [3.05, 3.63) is 22.0 Å². The van der Waals surface area contributed by atoms with Crippen LogP contribution in [-0.4, -0.2) is 23.3 Å². The predicted octanol–water partition coefficient (Wildman–Crippen LogP) is 3.92. The molecule has 2 aromatic rings. The van der Waals surface area contributed by atoms with E-state index in [2.05, 4.69) is 0 Å². The fraction of sp³-hybridized carbons (Fsp3) is 0.357. The van der Waals surface area contributed by atoms with Gasteiger partial charge in [0.05, 0.1) is 18.1 Å². The lowest BCUT2D eigenvalue weighted by atomic mass is 10.1. The highest BCUT2D eigenvalue weighted by Gasteiger charge is 2.16. The lowest BCUT2D eigenvalue weighted by Gasteiger charge is -2.05. The third-order valence-corrected chi connectivity index (χ3v) is 4.74. The molecule has 0 radical (unpaired) electrons. The number of halogens is 1. The number of aryl methyl sites for hydroxylation is 1. The lowest BCUT2D eigenvalue weighted by Crippen LogP contribution is -2.09. The number of rotatable bonds is 5. The van der Waals surface area contributed by atoms with Crippen LogP contribution in [0.3, 0.4) is 0 Å². The van der Waals surface area contributed by atoms with Crippen LogP contribution < -0.4 is 4.74 Å². The Morgan fingerprint density at radius 1 is 1.50 bits per heavy atom. The predicted molar refractivity (Wildman–Crippen MR) is 80.2 cm³/mol. The molecule has 108 valence electrons. The Morgan fingerprint density at radius 3 is 2.80 bits per heavy atom. The van der Waals surface area contributed by atoms with Gasteiger partial charge in [0.25, 0.3) is 0 Å². The number of carboxylic acids is 1. The Labute approximate surface area is 125 Å². The van der Waals surface area contributed by atoms with Crippen LogP contribution in [0.25, 0.3) is 10.1 Å². The molecular formula is C14H15ClO4S. The summed E-state index contributed by atoms with van der Waals surface area (Å²) in [6.45, 7) is 1.69. The van der Waals surface area contributed by atoms with E-state index in [1.54, 1.807) is 13.0 Å². The second kappa shape index (κ2) is 5.89. The fourth-order valence-electron chi connectivity index (χ4n) is 1.92. The normalized spacial score (nSPS) is 12.6. The van der Waals surface area contributed by atoms with Gasteiger partial charge in [-0.1, -0.05) is 18.5 Å². The number of ether oxygens (including phenoxy) is 1. The van der Waals surface area contributed by atoms with Crippen LogP contribution in [0.15, 0.2) is 12.1 Å². The largest absolute Gasteiger partial charge is 0.503 e. The highest BCUT2D eigenvalue weighted by molar-refractivity contribution is 7.19. The highest BCUT2D eigenvalue weighted by Crippen LogP contribution is 2.43. The summed E-state index contributed by atoms with van der Waals surface area (Å²) >= 11 is 7.65. The molecule has 0 saturated heterocycles. The zero-order valence-electron chi connectivity index (χ0n) is 11.1. The number of hydrogen-bond donors (Lipinski definition) is 2. The molecule has 0 bridgehead atoms. The molecule has 1 aromatic heterocycles. The molecule has 0 aliphatic rings. The first-order chi connectivity index (χ1) is 9.43. The first kappa shape index (κ1) is 14.9. The van der Waals surface area contributed by atoms with Crippen LogP contribution in [-0.2, 0) is 11.2 Å². The van der Waals surface area contributed by atoms with Gasteiger partial charge in [0, 0.05) is 21.0 Å². The molecular weight excluding hydrogens is 300 g/mol. The number of carbonyl (C=O) groups is 1. The van der Waals surface area contributed by atoms with Gasteiger partial charge in [0.15, 0.2) is 11.5 Å². The second-order valence-electron chi connectivity index (χ2n) is 4.64. The minimum absolute atomic E-state index is 0.0649. The number of methoxy groups -OCH3 is 1. The quantitative estimate of drug-likeness (QED) is 0.877. The molecule has 1 atom stereocenters. The first-order valence-corrected chi connectivity index (χ1v) is 7.34. The summed E-state index contributed by atoms with van der Waals surface area (Å²) in [6.07, 6.45) is 1.25. The molecule has 0 amide bonds. The van der Waals surface area contributed by atoms with Crippen molar-refractivity contribution in [1.29, 1.82) is 0 Å². The van der Waals surface area contributed by atoms with Crippen molar-refractivity contribution in [3.8, 4) is 11.5 Å². The van der Waals surface area contributed by atoms with Crippen LogP contribution in [0.4, 0.5) is 0 Å². The maximum atomic E-state index is 10.8. The highest BCUT2D eigenvalue weighted by atomic mass is 35.5. The van der Waals surface area contributed by atoms with E-state index in [9.17, 15) is 9.90 Å². The summed E-state index contributed by atoms with van der Waals surface area (Å²) in [5.41, 5.74) is 0. The van der Waals surface area contributed by atoms with E-state index in [0.29, 0.717) is 18.6 Å². The summed E-state index contributed by atoms with van der Waals surface area (Å²) in [6, 6.07) is 3.64. The van der Waals surface area contributed by atoms with Gasteiger partial charge in [-0.2, -0.15) is 0 Å². The summed E-state index contributed by atoms with van der Waals surface area (Å²) in [5, 5.41) is 19.8. The van der Waals surface area contributed by atoms with Gasteiger partial charge in [-0.05, 0) is 18.9 Å². The number of thiophene rings is 1. The average molecular weight is 315 g/mol. The van der Waals surface area contributed by atoms with E-state index in [1.807, 2.05) is 6.07 Å². The molecule has 0 aliphatic carbocycles. The minimum atomic E-state index is -0.788. The van der Waals surface area contributed by atoms with Gasteiger partial charge < -0.3 is 14.9 Å². The standard InChI is InChI=1S/C14H15ClO4S/c1-7(14(17)18)3-4-8-5-9-11(20-8)6-10(19-2)13(16)12(9)15/h5-7,16H,3-4H2,1-2H3,(H,17,18). The SMILES string of the molecule is COc1cc2sc(CCC(C)C(=O)O)cc2c(Cl)c1O. The van der Waals surface area contributed by atoms with Crippen molar-refractivity contribution in [2.75, 3.05) is 7.11 Å². The van der Waals surface area contributed by atoms with Crippen LogP contribution >= 0.6 is 22.9 Å². The molecule has 0 spiro atoms. The number of phenolic OH excluding ortho intramolecular Hbond substituents is 1. The van der Waals surface area contributed by atoms with E-state index < -0.39 is 5.97 Å². The topological polar surface area (TPSA) is 66.8 Å². The van der Waals surface area contributed by atoms with Crippen LogP contribution in [0.2, 0.25) is 5.02 Å². The van der Waals surface area contributed by atoms with E-state index >= 15 is 0 Å². The van der Waals surface area contributed by atoms with Crippen molar-refractivity contribution >= 4 is 39.0 Å². The number of fused-ring (bicyclic) bond motifs is 1. The Kier molecular flexibility index (Phi) is 4.40. The molecule has 1 unspecified atom stereocenters. The summed E-state index contributed by atoms with van der Waals surface area (Å²) in [4.78, 5) is 11.9. The number of hydrogen-bond acceptors (Lipinski definition) is 4. The molecule has 1 aromatic carbocycles. The van der Waals surface area contributed by atoms with Crippen LogP contribution in [0, 0.1) is 5.92 Å². The van der Waals surface area contributed by atoms with Crippen molar-refractivity contribution < 1.29 is 19.7 Å². The molecule has 1 heterocycles. The Bertz CT molecular complexity index is 650. The van der Waals surface area contributed by atoms with E-state index in [4.69, 9.17) is 21.4 Å². The van der Waals surface area contributed by atoms with Crippen LogP contribution in [0.5, 0.6) is 11.5 Å². The molecule has 6 heteroatoms. The van der Waals surface area contributed by atoms with Crippen molar-refractivity contribution in [2.45, 2.75) is 19.8 Å². The molecule has 0 saturated carbocycles. The summed E-state index contributed by atoms with van der Waals surface area (Å²) in [7, 11) is 1.47. The fourth-order valence-corrected chi connectivity index (χ4v) is 3.34. The van der Waals surface area contributed by atoms with Crippen molar-refractivity contribution in [3.63, 3.8) is 0 Å². The maximum absolute atomic E-state index is 10.8. The average Bonchev–Trinajstić information content (AvgIpc) is 2.83. The van der Waals surface area contributed by atoms with E-state index in [0.717, 1.165) is 15.0 Å². The van der Waals surface area contributed by atoms with Gasteiger partial charge in [-0.3, -0.25) is 4.79 Å². The van der Waals surface area contributed by atoms with Crippen molar-refractivity contribution in [1.82, 2.24) is 0 Å². The van der Waals surface area contributed by atoms with E-state index in [-0.39, 0.29) is 16.7 Å². The number of carboxylic acid groups (broad SMARTS) is 1. The second-order valence-corrected chi connectivity index (χ2v) is 6.19. The number of aliphatic carboxylic acids is 1. The smallest absolute Gasteiger partial charge is 0.306 e. The Morgan fingerprint density at radius 2 is 2.20 bits per heavy atom. The van der Waals surface area contributed by atoms with E-state index in [1.165, 1.54) is 18.4 Å². The minimum Gasteiger partial charge on any atom is -0.503 e. The summed E-state index contributed by atoms with van der Waals surface area (Å²) < 4.78 is 5.99. The number of phenols is 1. The first-order valence-electron chi connectivity index (χ1n) is 6.14. The summed E-state index contributed by atoms with van der Waals surface area (Å²) in [5.74, 6) is -0.887. The molecule has 2 N–H and O–H groups in total. The third kappa shape index (κ3) is 2.83.